The zero-order valence-electron chi connectivity index (χ0n) is 16.4. The maximum atomic E-state index is 6.35. The third-order valence-corrected chi connectivity index (χ3v) is 7.06. The second-order valence-corrected chi connectivity index (χ2v) is 9.57. The molecular weight excluding hydrogens is 496 g/mol. The largest absolute Gasteiger partial charge is 0.496 e. The molecule has 1 aliphatic carbocycles. The number of furan rings is 2. The fraction of sp³-hybridized carbons (Fsp3) is 0.250. The van der Waals surface area contributed by atoms with Gasteiger partial charge in [-0.25, -0.2) is 0 Å². The Kier molecular flexibility index (Phi) is 4.44. The lowest BCUT2D eigenvalue weighted by Gasteiger charge is -2.30. The molecule has 5 rings (SSSR count). The summed E-state index contributed by atoms with van der Waals surface area (Å²) in [5, 5.41) is 1.06. The summed E-state index contributed by atoms with van der Waals surface area (Å²) < 4.78 is 20.3. The van der Waals surface area contributed by atoms with E-state index in [-0.39, 0.29) is 5.41 Å². The number of aryl methyl sites for hydroxylation is 2. The van der Waals surface area contributed by atoms with Gasteiger partial charge in [-0.15, -0.1) is 0 Å². The zero-order chi connectivity index (χ0) is 20.3. The molecule has 3 nitrogen and oxygen atoms in total. The molecule has 0 aliphatic heterocycles. The molecule has 1 atom stereocenters. The molecule has 0 spiro atoms. The predicted octanol–water partition coefficient (Wildman–Crippen LogP) is 7.79. The number of benzene rings is 2. The van der Waals surface area contributed by atoms with E-state index in [2.05, 4.69) is 63.0 Å². The van der Waals surface area contributed by atoms with Gasteiger partial charge in [0.15, 0.2) is 0 Å². The number of rotatable bonds is 2. The molecule has 5 heteroatoms. The second-order valence-electron chi connectivity index (χ2n) is 7.80. The first-order valence-corrected chi connectivity index (χ1v) is 11.2. The first-order valence-electron chi connectivity index (χ1n) is 9.57. The van der Waals surface area contributed by atoms with Gasteiger partial charge in [-0.3, -0.25) is 0 Å². The second kappa shape index (κ2) is 6.78. The van der Waals surface area contributed by atoms with E-state index < -0.39 is 0 Å². The summed E-state index contributed by atoms with van der Waals surface area (Å²) in [4.78, 5) is 0. The van der Waals surface area contributed by atoms with Crippen LogP contribution in [-0.2, 0) is 11.8 Å². The van der Waals surface area contributed by atoms with Crippen molar-refractivity contribution < 1.29 is 13.6 Å². The summed E-state index contributed by atoms with van der Waals surface area (Å²) in [7, 11) is 1.73. The van der Waals surface area contributed by atoms with Crippen molar-refractivity contribution >= 4 is 42.8 Å². The normalized spacial score (nSPS) is 18.4. The standard InChI is InChI=1S/C24H20Br2O3/c1-13-10-17-23(28-13)21-15-11-14(25)12-18(26)22(15)29-20(21)8-9-24(17,2)16-6-4-5-7-19(16)27-3/h4-7,10-12H,8-9H2,1-3H3. The average Bonchev–Trinajstić information content (AvgIpc) is 3.23. The third-order valence-electron chi connectivity index (χ3n) is 6.01. The summed E-state index contributed by atoms with van der Waals surface area (Å²) in [5.41, 5.74) is 4.01. The molecule has 2 heterocycles. The van der Waals surface area contributed by atoms with Crippen LogP contribution in [0.1, 0.15) is 36.0 Å². The number of para-hydroxylation sites is 1. The van der Waals surface area contributed by atoms with Gasteiger partial charge < -0.3 is 13.6 Å². The highest BCUT2D eigenvalue weighted by atomic mass is 79.9. The molecule has 0 amide bonds. The minimum absolute atomic E-state index is 0.253. The van der Waals surface area contributed by atoms with E-state index in [1.54, 1.807) is 7.11 Å². The van der Waals surface area contributed by atoms with E-state index >= 15 is 0 Å². The Morgan fingerprint density at radius 1 is 1.03 bits per heavy atom. The van der Waals surface area contributed by atoms with Crippen molar-refractivity contribution in [3.05, 3.63) is 74.1 Å². The van der Waals surface area contributed by atoms with Crippen LogP contribution >= 0.6 is 31.9 Å². The van der Waals surface area contributed by atoms with Crippen molar-refractivity contribution in [1.29, 1.82) is 0 Å². The number of hydrogen-bond acceptors (Lipinski definition) is 3. The molecule has 0 fully saturated rings. The molecule has 0 saturated carbocycles. The summed E-state index contributed by atoms with van der Waals surface area (Å²) in [5.74, 6) is 3.65. The van der Waals surface area contributed by atoms with Gasteiger partial charge in [-0.1, -0.05) is 41.1 Å². The molecule has 4 aromatic rings. The molecule has 0 N–H and O–H groups in total. The van der Waals surface area contributed by atoms with Crippen LogP contribution in [-0.4, -0.2) is 7.11 Å². The highest BCUT2D eigenvalue weighted by molar-refractivity contribution is 9.11. The molecule has 2 aromatic heterocycles. The minimum Gasteiger partial charge on any atom is -0.496 e. The van der Waals surface area contributed by atoms with Crippen LogP contribution in [0.25, 0.3) is 22.3 Å². The number of fused-ring (bicyclic) bond motifs is 5. The molecule has 148 valence electrons. The Bertz CT molecular complexity index is 1250. The Balaban J connectivity index is 1.83. The van der Waals surface area contributed by atoms with Crippen LogP contribution in [0.3, 0.4) is 0 Å². The maximum absolute atomic E-state index is 6.35. The lowest BCUT2D eigenvalue weighted by molar-refractivity contribution is 0.390. The van der Waals surface area contributed by atoms with Crippen molar-refractivity contribution in [2.24, 2.45) is 0 Å². The Morgan fingerprint density at radius 3 is 2.62 bits per heavy atom. The quantitative estimate of drug-likeness (QED) is 0.273. The van der Waals surface area contributed by atoms with Gasteiger partial charge in [0.1, 0.15) is 28.6 Å². The van der Waals surface area contributed by atoms with Gasteiger partial charge in [-0.2, -0.15) is 0 Å². The van der Waals surface area contributed by atoms with E-state index in [0.717, 1.165) is 61.4 Å². The maximum Gasteiger partial charge on any atom is 0.149 e. The molecule has 29 heavy (non-hydrogen) atoms. The molecule has 0 bridgehead atoms. The van der Waals surface area contributed by atoms with Gasteiger partial charge in [0.25, 0.3) is 0 Å². The topological polar surface area (TPSA) is 35.5 Å². The number of ether oxygens (including phenoxy) is 1. The summed E-state index contributed by atoms with van der Waals surface area (Å²) in [6, 6.07) is 14.6. The highest BCUT2D eigenvalue weighted by Crippen LogP contribution is 2.52. The van der Waals surface area contributed by atoms with Crippen LogP contribution in [0, 0.1) is 6.92 Å². The smallest absolute Gasteiger partial charge is 0.149 e. The fourth-order valence-electron chi connectivity index (χ4n) is 4.59. The lowest BCUT2D eigenvalue weighted by Crippen LogP contribution is -2.24. The van der Waals surface area contributed by atoms with Gasteiger partial charge in [0.05, 0.1) is 17.1 Å². The van der Waals surface area contributed by atoms with Crippen molar-refractivity contribution in [2.75, 3.05) is 7.11 Å². The Labute approximate surface area is 186 Å². The van der Waals surface area contributed by atoms with E-state index in [9.17, 15) is 0 Å². The summed E-state index contributed by atoms with van der Waals surface area (Å²) >= 11 is 7.27. The number of halogens is 2. The predicted molar refractivity (Wildman–Crippen MR) is 122 cm³/mol. The van der Waals surface area contributed by atoms with Crippen molar-refractivity contribution in [3.8, 4) is 17.1 Å². The van der Waals surface area contributed by atoms with Gasteiger partial charge in [-0.05, 0) is 53.5 Å². The molecule has 0 saturated heterocycles. The van der Waals surface area contributed by atoms with Crippen molar-refractivity contribution in [2.45, 2.75) is 32.1 Å². The number of methoxy groups -OCH3 is 1. The Morgan fingerprint density at radius 2 is 1.83 bits per heavy atom. The van der Waals surface area contributed by atoms with Crippen LogP contribution in [0.5, 0.6) is 5.75 Å². The lowest BCUT2D eigenvalue weighted by atomic mass is 9.73. The van der Waals surface area contributed by atoms with E-state index in [0.29, 0.717) is 0 Å². The summed E-state index contributed by atoms with van der Waals surface area (Å²) in [6.07, 6.45) is 1.71. The Hall–Kier alpha value is -1.98. The zero-order valence-corrected chi connectivity index (χ0v) is 19.6. The van der Waals surface area contributed by atoms with Crippen LogP contribution in [0.15, 0.2) is 60.2 Å². The fourth-order valence-corrected chi connectivity index (χ4v) is 5.89. The highest BCUT2D eigenvalue weighted by Gasteiger charge is 2.40. The van der Waals surface area contributed by atoms with Crippen molar-refractivity contribution in [1.82, 2.24) is 0 Å². The van der Waals surface area contributed by atoms with E-state index in [1.807, 2.05) is 25.1 Å². The minimum atomic E-state index is -0.253. The van der Waals surface area contributed by atoms with Gasteiger partial charge in [0.2, 0.25) is 0 Å². The van der Waals surface area contributed by atoms with Crippen LogP contribution < -0.4 is 4.74 Å². The molecular formula is C24H20Br2O3. The number of hydrogen-bond donors (Lipinski definition) is 0. The van der Waals surface area contributed by atoms with E-state index in [4.69, 9.17) is 13.6 Å². The van der Waals surface area contributed by atoms with Gasteiger partial charge >= 0.3 is 0 Å². The van der Waals surface area contributed by atoms with Gasteiger partial charge in [0, 0.05) is 32.8 Å². The molecule has 2 aromatic carbocycles. The average molecular weight is 516 g/mol. The first kappa shape index (κ1) is 19.0. The van der Waals surface area contributed by atoms with Crippen LogP contribution in [0.4, 0.5) is 0 Å². The summed E-state index contributed by atoms with van der Waals surface area (Å²) in [6.45, 7) is 4.28. The SMILES string of the molecule is COc1ccccc1C1(C)CCc2oc3c(Br)cc(Br)cc3c2-c2oc(C)cc21. The molecule has 0 radical (unpaired) electrons. The first-order chi connectivity index (χ1) is 13.9. The van der Waals surface area contributed by atoms with Crippen LogP contribution in [0.2, 0.25) is 0 Å². The molecule has 1 aliphatic rings. The third kappa shape index (κ3) is 2.82. The molecule has 1 unspecified atom stereocenters. The van der Waals surface area contributed by atoms with Crippen molar-refractivity contribution in [3.63, 3.8) is 0 Å². The monoisotopic (exact) mass is 514 g/mol. The van der Waals surface area contributed by atoms with E-state index in [1.165, 1.54) is 11.1 Å².